The summed E-state index contributed by atoms with van der Waals surface area (Å²) >= 11 is 0. The fraction of sp³-hybridized carbons (Fsp3) is 0.263. The molecule has 6 heteroatoms. The Morgan fingerprint density at radius 2 is 1.76 bits per heavy atom. The number of nitrogens with one attached hydrogen (secondary N) is 1. The van der Waals surface area contributed by atoms with E-state index >= 15 is 0 Å². The maximum atomic E-state index is 13.5. The van der Waals surface area contributed by atoms with Gasteiger partial charge in [0.05, 0.1) is 0 Å². The molecule has 0 fully saturated rings. The molecule has 1 amide bonds. The first kappa shape index (κ1) is 18.4. The van der Waals surface area contributed by atoms with Gasteiger partial charge in [-0.25, -0.2) is 9.18 Å². The number of rotatable bonds is 8. The predicted molar refractivity (Wildman–Crippen MR) is 90.4 cm³/mol. The Hall–Kier alpha value is -2.89. The zero-order valence-corrected chi connectivity index (χ0v) is 13.9. The molecule has 0 heterocycles. The van der Waals surface area contributed by atoms with Crippen LogP contribution in [0.5, 0.6) is 5.75 Å². The van der Waals surface area contributed by atoms with Gasteiger partial charge in [-0.2, -0.15) is 0 Å². The number of esters is 1. The van der Waals surface area contributed by atoms with Crippen molar-refractivity contribution in [3.63, 3.8) is 0 Å². The lowest BCUT2D eigenvalue weighted by atomic mass is 10.2. The Bertz CT molecular complexity index is 706. The Labute approximate surface area is 145 Å². The van der Waals surface area contributed by atoms with Crippen LogP contribution in [0, 0.1) is 5.82 Å². The van der Waals surface area contributed by atoms with Crippen LogP contribution in [0.25, 0.3) is 0 Å². The van der Waals surface area contributed by atoms with Crippen LogP contribution < -0.4 is 10.1 Å². The molecular formula is C19H20FNO4. The molecular weight excluding hydrogens is 325 g/mol. The summed E-state index contributed by atoms with van der Waals surface area (Å²) in [5.41, 5.74) is 0.362. The van der Waals surface area contributed by atoms with Gasteiger partial charge in [0.25, 0.3) is 5.91 Å². The lowest BCUT2D eigenvalue weighted by Crippen LogP contribution is -2.33. The third kappa shape index (κ3) is 5.91. The molecule has 2 aromatic rings. The Morgan fingerprint density at radius 1 is 1.08 bits per heavy atom. The summed E-state index contributed by atoms with van der Waals surface area (Å²) < 4.78 is 24.0. The minimum atomic E-state index is -0.790. The lowest BCUT2D eigenvalue weighted by molar-refractivity contribution is -0.155. The number of carbonyl (C=O) groups excluding carboxylic acids is 2. The number of para-hydroxylation sites is 1. The second-order valence-corrected chi connectivity index (χ2v) is 5.30. The lowest BCUT2D eigenvalue weighted by Gasteiger charge is -2.16. The average Bonchev–Trinajstić information content (AvgIpc) is 2.64. The van der Waals surface area contributed by atoms with Gasteiger partial charge in [-0.1, -0.05) is 43.3 Å². The summed E-state index contributed by atoms with van der Waals surface area (Å²) in [6, 6.07) is 15.0. The topological polar surface area (TPSA) is 64.6 Å². The maximum Gasteiger partial charge on any atom is 0.347 e. The van der Waals surface area contributed by atoms with Crippen LogP contribution in [0.4, 0.5) is 4.39 Å². The van der Waals surface area contributed by atoms with Gasteiger partial charge in [-0.15, -0.1) is 0 Å². The van der Waals surface area contributed by atoms with E-state index in [9.17, 15) is 14.0 Å². The van der Waals surface area contributed by atoms with E-state index in [0.29, 0.717) is 17.7 Å². The number of amides is 1. The first-order valence-corrected chi connectivity index (χ1v) is 7.98. The van der Waals surface area contributed by atoms with E-state index < -0.39 is 30.4 Å². The summed E-state index contributed by atoms with van der Waals surface area (Å²) in [4.78, 5) is 23.8. The highest BCUT2D eigenvalue weighted by Crippen LogP contribution is 2.13. The highest BCUT2D eigenvalue weighted by atomic mass is 19.1. The van der Waals surface area contributed by atoms with Gasteiger partial charge in [0.2, 0.25) is 0 Å². The molecule has 0 saturated carbocycles. The van der Waals surface area contributed by atoms with Gasteiger partial charge >= 0.3 is 5.97 Å². The monoisotopic (exact) mass is 345 g/mol. The fourth-order valence-corrected chi connectivity index (χ4v) is 2.08. The molecule has 0 radical (unpaired) electrons. The molecule has 5 nitrogen and oxygen atoms in total. The van der Waals surface area contributed by atoms with Crippen LogP contribution in [-0.2, 0) is 20.9 Å². The van der Waals surface area contributed by atoms with Gasteiger partial charge in [-0.3, -0.25) is 4.79 Å². The summed E-state index contributed by atoms with van der Waals surface area (Å²) in [5, 5.41) is 2.50. The van der Waals surface area contributed by atoms with Crippen molar-refractivity contribution in [1.82, 2.24) is 5.32 Å². The minimum Gasteiger partial charge on any atom is -0.479 e. The summed E-state index contributed by atoms with van der Waals surface area (Å²) in [5.74, 6) is -0.976. The van der Waals surface area contributed by atoms with Crippen molar-refractivity contribution in [1.29, 1.82) is 0 Å². The summed E-state index contributed by atoms with van der Waals surface area (Å²) in [6.07, 6.45) is -0.383. The first-order chi connectivity index (χ1) is 12.1. The van der Waals surface area contributed by atoms with Crippen molar-refractivity contribution in [3.05, 3.63) is 66.0 Å². The smallest absolute Gasteiger partial charge is 0.347 e. The SMILES string of the molecule is CC[C@H](Oc1ccccc1)C(=O)OCC(=O)NCc1ccccc1F. The highest BCUT2D eigenvalue weighted by molar-refractivity contribution is 5.82. The third-order valence-corrected chi connectivity index (χ3v) is 3.43. The van der Waals surface area contributed by atoms with Crippen molar-refractivity contribution < 1.29 is 23.5 Å². The molecule has 0 saturated heterocycles. The van der Waals surface area contributed by atoms with E-state index in [-0.39, 0.29) is 6.54 Å². The minimum absolute atomic E-state index is 0.0286. The fourth-order valence-electron chi connectivity index (χ4n) is 2.08. The molecule has 0 aliphatic heterocycles. The van der Waals surface area contributed by atoms with Crippen molar-refractivity contribution in [2.24, 2.45) is 0 Å². The zero-order chi connectivity index (χ0) is 18.1. The molecule has 1 atom stereocenters. The molecule has 1 N–H and O–H groups in total. The van der Waals surface area contributed by atoms with Gasteiger partial charge in [0.1, 0.15) is 11.6 Å². The van der Waals surface area contributed by atoms with Crippen LogP contribution in [0.15, 0.2) is 54.6 Å². The van der Waals surface area contributed by atoms with Gasteiger partial charge in [0, 0.05) is 12.1 Å². The van der Waals surface area contributed by atoms with Crippen LogP contribution in [0.2, 0.25) is 0 Å². The summed E-state index contributed by atoms with van der Waals surface area (Å²) in [6.45, 7) is 1.37. The molecule has 0 aromatic heterocycles. The number of benzene rings is 2. The van der Waals surface area contributed by atoms with Crippen LogP contribution in [0.3, 0.4) is 0 Å². The van der Waals surface area contributed by atoms with Crippen LogP contribution in [-0.4, -0.2) is 24.6 Å². The summed E-state index contributed by atoms with van der Waals surface area (Å²) in [7, 11) is 0. The van der Waals surface area contributed by atoms with Crippen LogP contribution in [0.1, 0.15) is 18.9 Å². The Kier molecular flexibility index (Phi) is 6.95. The van der Waals surface area contributed by atoms with E-state index in [2.05, 4.69) is 5.32 Å². The van der Waals surface area contributed by atoms with Crippen molar-refractivity contribution in [2.75, 3.05) is 6.61 Å². The number of hydrogen-bond acceptors (Lipinski definition) is 4. The number of carbonyl (C=O) groups is 2. The molecule has 0 unspecified atom stereocenters. The van der Waals surface area contributed by atoms with Crippen LogP contribution >= 0.6 is 0 Å². The van der Waals surface area contributed by atoms with E-state index in [1.165, 1.54) is 6.07 Å². The number of ether oxygens (including phenoxy) is 2. The number of hydrogen-bond donors (Lipinski definition) is 1. The largest absolute Gasteiger partial charge is 0.479 e. The quantitative estimate of drug-likeness (QED) is 0.747. The first-order valence-electron chi connectivity index (χ1n) is 7.98. The molecule has 25 heavy (non-hydrogen) atoms. The molecule has 0 spiro atoms. The number of halogens is 1. The molecule has 0 aliphatic carbocycles. The second-order valence-electron chi connectivity index (χ2n) is 5.30. The van der Waals surface area contributed by atoms with Gasteiger partial charge in [-0.05, 0) is 24.6 Å². The average molecular weight is 345 g/mol. The standard InChI is InChI=1S/C19H20FNO4/c1-2-17(25-15-9-4-3-5-10-15)19(23)24-13-18(22)21-12-14-8-6-7-11-16(14)20/h3-11,17H,2,12-13H2,1H3,(H,21,22)/t17-/m0/s1. The predicted octanol–water partition coefficient (Wildman–Crippen LogP) is 2.84. The maximum absolute atomic E-state index is 13.5. The van der Waals surface area contributed by atoms with Crippen molar-refractivity contribution in [2.45, 2.75) is 26.0 Å². The molecule has 2 aromatic carbocycles. The Morgan fingerprint density at radius 3 is 2.44 bits per heavy atom. The van der Waals surface area contributed by atoms with E-state index in [0.717, 1.165) is 0 Å². The highest BCUT2D eigenvalue weighted by Gasteiger charge is 2.21. The van der Waals surface area contributed by atoms with E-state index in [4.69, 9.17) is 9.47 Å². The molecule has 0 bridgehead atoms. The normalized spacial score (nSPS) is 11.4. The van der Waals surface area contributed by atoms with Gasteiger partial charge in [0.15, 0.2) is 12.7 Å². The molecule has 132 valence electrons. The molecule has 2 rings (SSSR count). The van der Waals surface area contributed by atoms with E-state index in [1.54, 1.807) is 49.4 Å². The zero-order valence-electron chi connectivity index (χ0n) is 13.9. The third-order valence-electron chi connectivity index (χ3n) is 3.43. The van der Waals surface area contributed by atoms with E-state index in [1.807, 2.05) is 6.07 Å². The molecule has 0 aliphatic rings. The van der Waals surface area contributed by atoms with Crippen molar-refractivity contribution >= 4 is 11.9 Å². The van der Waals surface area contributed by atoms with Crippen molar-refractivity contribution in [3.8, 4) is 5.75 Å². The Balaban J connectivity index is 1.77. The van der Waals surface area contributed by atoms with Gasteiger partial charge < -0.3 is 14.8 Å². The second kappa shape index (κ2) is 9.42.